The van der Waals surface area contributed by atoms with Crippen molar-refractivity contribution in [1.29, 1.82) is 0 Å². The van der Waals surface area contributed by atoms with E-state index in [0.29, 0.717) is 4.88 Å². The Hall–Kier alpha value is -1.40. The lowest BCUT2D eigenvalue weighted by Gasteiger charge is -2.11. The fourth-order valence-electron chi connectivity index (χ4n) is 1.35. The number of hydrogen-bond donors (Lipinski definition) is 2. The maximum absolute atomic E-state index is 11.8. The van der Waals surface area contributed by atoms with E-state index in [-0.39, 0.29) is 12.5 Å². The Kier molecular flexibility index (Phi) is 5.11. The molecule has 0 saturated heterocycles. The normalized spacial score (nSPS) is 12.1. The molecule has 1 aromatic heterocycles. The number of carbonyl (C=O) groups excluding carboxylic acids is 1. The Morgan fingerprint density at radius 1 is 1.59 bits per heavy atom. The molecule has 1 unspecified atom stereocenters. The summed E-state index contributed by atoms with van der Waals surface area (Å²) >= 11 is 1.35. The molecule has 0 aliphatic carbocycles. The third kappa shape index (κ3) is 3.54. The van der Waals surface area contributed by atoms with Gasteiger partial charge in [0.05, 0.1) is 11.4 Å². The molecule has 1 aromatic rings. The second kappa shape index (κ2) is 6.36. The zero-order valence-corrected chi connectivity index (χ0v) is 10.5. The van der Waals surface area contributed by atoms with E-state index in [0.717, 1.165) is 12.0 Å². The van der Waals surface area contributed by atoms with Gasteiger partial charge in [0.1, 0.15) is 0 Å². The summed E-state index contributed by atoms with van der Waals surface area (Å²) in [6.45, 7) is 1.93. The van der Waals surface area contributed by atoms with Crippen LogP contribution in [0.3, 0.4) is 0 Å². The summed E-state index contributed by atoms with van der Waals surface area (Å²) in [6.07, 6.45) is -0.234. The van der Waals surface area contributed by atoms with E-state index in [1.807, 2.05) is 18.4 Å². The number of hydrogen-bond acceptors (Lipinski definition) is 4. The van der Waals surface area contributed by atoms with Gasteiger partial charge in [-0.2, -0.15) is 0 Å². The highest BCUT2D eigenvalue weighted by molar-refractivity contribution is 7.12. The van der Waals surface area contributed by atoms with Gasteiger partial charge < -0.3 is 15.2 Å². The van der Waals surface area contributed by atoms with Crippen molar-refractivity contribution < 1.29 is 19.4 Å². The maximum Gasteiger partial charge on any atom is 0.334 e. The molecule has 1 rings (SSSR count). The van der Waals surface area contributed by atoms with E-state index >= 15 is 0 Å². The van der Waals surface area contributed by atoms with E-state index in [4.69, 9.17) is 9.84 Å². The van der Waals surface area contributed by atoms with Crippen molar-refractivity contribution in [2.75, 3.05) is 13.7 Å². The molecule has 1 atom stereocenters. The van der Waals surface area contributed by atoms with Crippen molar-refractivity contribution in [2.45, 2.75) is 19.4 Å². The number of aryl methyl sites for hydroxylation is 1. The van der Waals surface area contributed by atoms with Crippen molar-refractivity contribution in [3.63, 3.8) is 0 Å². The van der Waals surface area contributed by atoms with Gasteiger partial charge in [0.2, 0.25) is 0 Å². The Morgan fingerprint density at radius 2 is 2.29 bits per heavy atom. The van der Waals surface area contributed by atoms with E-state index in [1.165, 1.54) is 18.4 Å². The Labute approximate surface area is 103 Å². The predicted molar refractivity (Wildman–Crippen MR) is 64.5 cm³/mol. The topological polar surface area (TPSA) is 75.6 Å². The Bertz CT molecular complexity index is 402. The minimum Gasteiger partial charge on any atom is -0.479 e. The number of ether oxygens (including phenoxy) is 1. The highest BCUT2D eigenvalue weighted by Crippen LogP contribution is 2.16. The molecule has 6 heteroatoms. The predicted octanol–water partition coefficient (Wildman–Crippen LogP) is 1.14. The first kappa shape index (κ1) is 13.7. The molecule has 0 saturated carbocycles. The van der Waals surface area contributed by atoms with Crippen LogP contribution in [0.5, 0.6) is 0 Å². The summed E-state index contributed by atoms with van der Waals surface area (Å²) in [5.74, 6) is -1.34. The van der Waals surface area contributed by atoms with Gasteiger partial charge in [-0.3, -0.25) is 4.79 Å². The van der Waals surface area contributed by atoms with Gasteiger partial charge in [0.15, 0.2) is 6.10 Å². The van der Waals surface area contributed by atoms with Crippen LogP contribution in [0.25, 0.3) is 0 Å². The van der Waals surface area contributed by atoms with E-state index in [1.54, 1.807) is 0 Å². The van der Waals surface area contributed by atoms with Crippen molar-refractivity contribution >= 4 is 23.2 Å². The molecule has 1 heterocycles. The smallest absolute Gasteiger partial charge is 0.334 e. The molecule has 5 nitrogen and oxygen atoms in total. The number of aliphatic carboxylic acids is 1. The number of amides is 1. The third-order valence-corrected chi connectivity index (χ3v) is 3.30. The lowest BCUT2D eigenvalue weighted by Crippen LogP contribution is -2.37. The summed E-state index contributed by atoms with van der Waals surface area (Å²) in [6, 6.07) is 1.89. The van der Waals surface area contributed by atoms with Crippen LogP contribution < -0.4 is 5.32 Å². The molecule has 0 spiro atoms. The number of carboxylic acid groups (broad SMARTS) is 1. The summed E-state index contributed by atoms with van der Waals surface area (Å²) in [5.41, 5.74) is 0.969. The van der Waals surface area contributed by atoms with Crippen LogP contribution in [-0.2, 0) is 16.0 Å². The molecule has 0 bridgehead atoms. The molecular weight excluding hydrogens is 242 g/mol. The number of carboxylic acids is 1. The Balaban J connectivity index is 2.58. The Morgan fingerprint density at radius 3 is 2.82 bits per heavy atom. The second-order valence-corrected chi connectivity index (χ2v) is 4.32. The second-order valence-electron chi connectivity index (χ2n) is 3.40. The van der Waals surface area contributed by atoms with Gasteiger partial charge in [-0.25, -0.2) is 4.79 Å². The van der Waals surface area contributed by atoms with E-state index < -0.39 is 12.1 Å². The summed E-state index contributed by atoms with van der Waals surface area (Å²) < 4.78 is 4.73. The highest BCUT2D eigenvalue weighted by atomic mass is 32.1. The quantitative estimate of drug-likeness (QED) is 0.801. The largest absolute Gasteiger partial charge is 0.479 e. The molecular formula is C11H15NO4S. The van der Waals surface area contributed by atoms with Gasteiger partial charge in [0, 0.05) is 7.11 Å². The lowest BCUT2D eigenvalue weighted by atomic mass is 10.2. The van der Waals surface area contributed by atoms with Gasteiger partial charge in [0.25, 0.3) is 5.91 Å². The van der Waals surface area contributed by atoms with Crippen LogP contribution in [0.2, 0.25) is 0 Å². The standard InChI is InChI=1S/C11H15NO4S/c1-3-7-4-5-17-9(7)10(13)12-6-8(16-2)11(14)15/h4-5,8H,3,6H2,1-2H3,(H,12,13)(H,14,15). The molecule has 0 fully saturated rings. The average Bonchev–Trinajstić information content (AvgIpc) is 2.77. The summed E-state index contributed by atoms with van der Waals surface area (Å²) in [5, 5.41) is 13.1. The fraction of sp³-hybridized carbons (Fsp3) is 0.455. The number of carbonyl (C=O) groups is 2. The highest BCUT2D eigenvalue weighted by Gasteiger charge is 2.19. The van der Waals surface area contributed by atoms with Crippen molar-refractivity contribution in [3.8, 4) is 0 Å². The van der Waals surface area contributed by atoms with Gasteiger partial charge >= 0.3 is 5.97 Å². The molecule has 94 valence electrons. The zero-order chi connectivity index (χ0) is 12.8. The SMILES string of the molecule is CCc1ccsc1C(=O)NCC(OC)C(=O)O. The number of rotatable bonds is 6. The van der Waals surface area contributed by atoms with Gasteiger partial charge in [-0.05, 0) is 23.4 Å². The van der Waals surface area contributed by atoms with Crippen LogP contribution >= 0.6 is 11.3 Å². The van der Waals surface area contributed by atoms with Crippen LogP contribution in [0, 0.1) is 0 Å². The number of nitrogens with one attached hydrogen (secondary N) is 1. The van der Waals surface area contributed by atoms with Crippen LogP contribution in [0.15, 0.2) is 11.4 Å². The first-order chi connectivity index (χ1) is 8.10. The molecule has 1 amide bonds. The van der Waals surface area contributed by atoms with Crippen LogP contribution in [0.4, 0.5) is 0 Å². The summed E-state index contributed by atoms with van der Waals surface area (Å²) in [4.78, 5) is 23.1. The molecule has 0 aliphatic heterocycles. The molecule has 2 N–H and O–H groups in total. The molecule has 17 heavy (non-hydrogen) atoms. The van der Waals surface area contributed by atoms with E-state index in [2.05, 4.69) is 5.32 Å². The molecule has 0 aliphatic rings. The first-order valence-corrected chi connectivity index (χ1v) is 6.08. The minimum absolute atomic E-state index is 0.0360. The summed E-state index contributed by atoms with van der Waals surface area (Å²) in [7, 11) is 1.30. The lowest BCUT2D eigenvalue weighted by molar-refractivity contribution is -0.147. The van der Waals surface area contributed by atoms with Crippen molar-refractivity contribution in [2.24, 2.45) is 0 Å². The fourth-order valence-corrected chi connectivity index (χ4v) is 2.26. The maximum atomic E-state index is 11.8. The minimum atomic E-state index is -1.09. The zero-order valence-electron chi connectivity index (χ0n) is 9.73. The first-order valence-electron chi connectivity index (χ1n) is 5.20. The van der Waals surface area contributed by atoms with Crippen molar-refractivity contribution in [3.05, 3.63) is 21.9 Å². The number of thiophene rings is 1. The van der Waals surface area contributed by atoms with Crippen LogP contribution in [0.1, 0.15) is 22.2 Å². The van der Waals surface area contributed by atoms with Crippen molar-refractivity contribution in [1.82, 2.24) is 5.32 Å². The third-order valence-electron chi connectivity index (χ3n) is 2.34. The van der Waals surface area contributed by atoms with Gasteiger partial charge in [-0.15, -0.1) is 11.3 Å². The molecule has 0 aromatic carbocycles. The van der Waals surface area contributed by atoms with E-state index in [9.17, 15) is 9.59 Å². The monoisotopic (exact) mass is 257 g/mol. The van der Waals surface area contributed by atoms with Crippen LogP contribution in [-0.4, -0.2) is 36.7 Å². The molecule has 0 radical (unpaired) electrons. The average molecular weight is 257 g/mol. The van der Waals surface area contributed by atoms with Gasteiger partial charge in [-0.1, -0.05) is 6.92 Å². The number of methoxy groups -OCH3 is 1.